The molecule has 120 valence electrons. The summed E-state index contributed by atoms with van der Waals surface area (Å²) in [5.41, 5.74) is 1.13. The van der Waals surface area contributed by atoms with Gasteiger partial charge in [0.25, 0.3) is 0 Å². The van der Waals surface area contributed by atoms with Gasteiger partial charge >= 0.3 is 5.97 Å². The standard InChI is InChI=1S/C17H23NO4/c19-16(18-10-8-15(9-11-18)17(20)21)7-4-12-22-13-14-5-2-1-3-6-14/h1-3,5-6,15H,4,7-13H2,(H,20,21). The predicted octanol–water partition coefficient (Wildman–Crippen LogP) is 2.31. The highest BCUT2D eigenvalue weighted by molar-refractivity contribution is 5.77. The molecule has 1 saturated heterocycles. The first-order valence-electron chi connectivity index (χ1n) is 7.79. The van der Waals surface area contributed by atoms with Crippen molar-refractivity contribution in [1.82, 2.24) is 4.90 Å². The summed E-state index contributed by atoms with van der Waals surface area (Å²) in [6.07, 6.45) is 2.29. The Kier molecular flexibility index (Phi) is 6.40. The molecule has 1 heterocycles. The van der Waals surface area contributed by atoms with Crippen LogP contribution in [0.1, 0.15) is 31.2 Å². The van der Waals surface area contributed by atoms with Crippen LogP contribution >= 0.6 is 0 Å². The zero-order chi connectivity index (χ0) is 15.8. The third kappa shape index (κ3) is 5.15. The van der Waals surface area contributed by atoms with E-state index < -0.39 is 5.97 Å². The van der Waals surface area contributed by atoms with Gasteiger partial charge in [-0.1, -0.05) is 30.3 Å². The van der Waals surface area contributed by atoms with E-state index in [0.717, 1.165) is 5.56 Å². The molecular formula is C17H23NO4. The molecule has 1 aromatic rings. The van der Waals surface area contributed by atoms with Crippen LogP contribution in [0.4, 0.5) is 0 Å². The molecule has 0 bridgehead atoms. The van der Waals surface area contributed by atoms with Gasteiger partial charge in [-0.15, -0.1) is 0 Å². The van der Waals surface area contributed by atoms with Gasteiger partial charge in [-0.3, -0.25) is 9.59 Å². The van der Waals surface area contributed by atoms with Crippen LogP contribution in [-0.2, 0) is 20.9 Å². The molecule has 0 aliphatic carbocycles. The summed E-state index contributed by atoms with van der Waals surface area (Å²) < 4.78 is 5.56. The Hall–Kier alpha value is -1.88. The van der Waals surface area contributed by atoms with E-state index in [1.807, 2.05) is 30.3 Å². The predicted molar refractivity (Wildman–Crippen MR) is 82.3 cm³/mol. The summed E-state index contributed by atoms with van der Waals surface area (Å²) in [6, 6.07) is 9.94. The minimum Gasteiger partial charge on any atom is -0.481 e. The second-order valence-electron chi connectivity index (χ2n) is 5.64. The Morgan fingerprint density at radius 1 is 1.18 bits per heavy atom. The smallest absolute Gasteiger partial charge is 0.306 e. The van der Waals surface area contributed by atoms with Crippen molar-refractivity contribution in [2.75, 3.05) is 19.7 Å². The van der Waals surface area contributed by atoms with Crippen LogP contribution in [-0.4, -0.2) is 41.6 Å². The van der Waals surface area contributed by atoms with Crippen molar-refractivity contribution in [3.63, 3.8) is 0 Å². The van der Waals surface area contributed by atoms with Crippen LogP contribution in [0.3, 0.4) is 0 Å². The van der Waals surface area contributed by atoms with Gasteiger partial charge in [0.15, 0.2) is 0 Å². The quantitative estimate of drug-likeness (QED) is 0.785. The Morgan fingerprint density at radius 2 is 1.86 bits per heavy atom. The minimum absolute atomic E-state index is 0.104. The third-order valence-electron chi connectivity index (χ3n) is 3.99. The molecule has 1 amide bonds. The largest absolute Gasteiger partial charge is 0.481 e. The SMILES string of the molecule is O=C(O)C1CCN(C(=O)CCCOCc2ccccc2)CC1. The van der Waals surface area contributed by atoms with E-state index in [1.54, 1.807) is 4.90 Å². The van der Waals surface area contributed by atoms with Crippen LogP contribution in [0.2, 0.25) is 0 Å². The fourth-order valence-electron chi connectivity index (χ4n) is 2.62. The number of carbonyl (C=O) groups is 2. The fourth-order valence-corrected chi connectivity index (χ4v) is 2.62. The highest BCUT2D eigenvalue weighted by atomic mass is 16.5. The first-order valence-corrected chi connectivity index (χ1v) is 7.79. The Morgan fingerprint density at radius 3 is 2.50 bits per heavy atom. The zero-order valence-electron chi connectivity index (χ0n) is 12.7. The molecule has 1 aliphatic heterocycles. The lowest BCUT2D eigenvalue weighted by atomic mass is 9.97. The lowest BCUT2D eigenvalue weighted by Gasteiger charge is -2.30. The molecule has 0 unspecified atom stereocenters. The average molecular weight is 305 g/mol. The number of aliphatic carboxylic acids is 1. The van der Waals surface area contributed by atoms with E-state index in [1.165, 1.54) is 0 Å². The van der Waals surface area contributed by atoms with Crippen molar-refractivity contribution < 1.29 is 19.4 Å². The van der Waals surface area contributed by atoms with Crippen LogP contribution < -0.4 is 0 Å². The van der Waals surface area contributed by atoms with Gasteiger partial charge in [0.05, 0.1) is 12.5 Å². The molecule has 1 aromatic carbocycles. The maximum atomic E-state index is 12.0. The number of carbonyl (C=O) groups excluding carboxylic acids is 1. The van der Waals surface area contributed by atoms with Crippen molar-refractivity contribution in [2.45, 2.75) is 32.3 Å². The fraction of sp³-hybridized carbons (Fsp3) is 0.529. The van der Waals surface area contributed by atoms with Crippen LogP contribution in [0, 0.1) is 5.92 Å². The molecular weight excluding hydrogens is 282 g/mol. The van der Waals surface area contributed by atoms with Crippen LogP contribution in [0.5, 0.6) is 0 Å². The molecule has 5 heteroatoms. The van der Waals surface area contributed by atoms with Crippen molar-refractivity contribution in [1.29, 1.82) is 0 Å². The Balaban J connectivity index is 1.57. The molecule has 1 aliphatic rings. The molecule has 0 saturated carbocycles. The Bertz CT molecular complexity index is 481. The maximum Gasteiger partial charge on any atom is 0.306 e. The highest BCUT2D eigenvalue weighted by Gasteiger charge is 2.26. The molecule has 1 N–H and O–H groups in total. The van der Waals surface area contributed by atoms with Gasteiger partial charge in [-0.05, 0) is 24.8 Å². The summed E-state index contributed by atoms with van der Waals surface area (Å²) in [5, 5.41) is 8.94. The number of carboxylic acid groups (broad SMARTS) is 1. The Labute approximate surface area is 130 Å². The maximum absolute atomic E-state index is 12.0. The minimum atomic E-state index is -0.749. The topological polar surface area (TPSA) is 66.8 Å². The van der Waals surface area contributed by atoms with Crippen molar-refractivity contribution in [3.8, 4) is 0 Å². The van der Waals surface area contributed by atoms with Crippen LogP contribution in [0.15, 0.2) is 30.3 Å². The summed E-state index contributed by atoms with van der Waals surface area (Å²) in [6.45, 7) is 2.24. The molecule has 5 nitrogen and oxygen atoms in total. The number of hydrogen-bond acceptors (Lipinski definition) is 3. The number of ether oxygens (including phenoxy) is 1. The van der Waals surface area contributed by atoms with Gasteiger partial charge in [-0.25, -0.2) is 0 Å². The van der Waals surface area contributed by atoms with Gasteiger partial charge < -0.3 is 14.7 Å². The van der Waals surface area contributed by atoms with E-state index in [9.17, 15) is 9.59 Å². The normalized spacial score (nSPS) is 15.7. The van der Waals surface area contributed by atoms with Gasteiger partial charge in [-0.2, -0.15) is 0 Å². The number of hydrogen-bond donors (Lipinski definition) is 1. The summed E-state index contributed by atoms with van der Waals surface area (Å²) >= 11 is 0. The van der Waals surface area contributed by atoms with Crippen molar-refractivity contribution in [3.05, 3.63) is 35.9 Å². The van der Waals surface area contributed by atoms with E-state index in [-0.39, 0.29) is 11.8 Å². The van der Waals surface area contributed by atoms with E-state index in [2.05, 4.69) is 0 Å². The average Bonchev–Trinajstić information content (AvgIpc) is 2.55. The summed E-state index contributed by atoms with van der Waals surface area (Å²) in [5.74, 6) is -0.938. The molecule has 22 heavy (non-hydrogen) atoms. The first-order chi connectivity index (χ1) is 10.7. The zero-order valence-corrected chi connectivity index (χ0v) is 12.7. The van der Waals surface area contributed by atoms with Crippen LogP contribution in [0.25, 0.3) is 0 Å². The van der Waals surface area contributed by atoms with Gasteiger partial charge in [0.2, 0.25) is 5.91 Å². The van der Waals surface area contributed by atoms with E-state index in [4.69, 9.17) is 9.84 Å². The van der Waals surface area contributed by atoms with Gasteiger partial charge in [0.1, 0.15) is 0 Å². The number of nitrogens with zero attached hydrogens (tertiary/aromatic N) is 1. The second-order valence-corrected chi connectivity index (χ2v) is 5.64. The number of amides is 1. The lowest BCUT2D eigenvalue weighted by Crippen LogP contribution is -2.40. The molecule has 0 radical (unpaired) electrons. The number of carboxylic acids is 1. The van der Waals surface area contributed by atoms with E-state index >= 15 is 0 Å². The van der Waals surface area contributed by atoms with E-state index in [0.29, 0.717) is 52.0 Å². The van der Waals surface area contributed by atoms with Crippen molar-refractivity contribution in [2.24, 2.45) is 5.92 Å². The lowest BCUT2D eigenvalue weighted by molar-refractivity contribution is -0.145. The number of rotatable bonds is 7. The third-order valence-corrected chi connectivity index (χ3v) is 3.99. The monoisotopic (exact) mass is 305 g/mol. The highest BCUT2D eigenvalue weighted by Crippen LogP contribution is 2.18. The number of piperidine rings is 1. The molecule has 0 atom stereocenters. The summed E-state index contributed by atoms with van der Waals surface area (Å²) in [7, 11) is 0. The summed E-state index contributed by atoms with van der Waals surface area (Å²) in [4.78, 5) is 24.7. The second kappa shape index (κ2) is 8.54. The molecule has 2 rings (SSSR count). The van der Waals surface area contributed by atoms with Crippen molar-refractivity contribution >= 4 is 11.9 Å². The molecule has 1 fully saturated rings. The molecule has 0 spiro atoms. The van der Waals surface area contributed by atoms with Gasteiger partial charge in [0, 0.05) is 26.1 Å². The number of likely N-dealkylation sites (tertiary alicyclic amines) is 1. The molecule has 0 aromatic heterocycles. The number of benzene rings is 1. The first kappa shape index (κ1) is 16.5.